The molecule has 2 aliphatic rings. The standard InChI is InChI=1S/C19H21N3O2/c1-14-3-2-4-18-16(14)6-8-22(18)19(23)17-13-15(5-7-20-17)21-9-11-24-12-10-21/h2-5,7,13H,6,8-12H2,1H3. The topological polar surface area (TPSA) is 45.7 Å². The molecule has 5 nitrogen and oxygen atoms in total. The molecule has 24 heavy (non-hydrogen) atoms. The maximum absolute atomic E-state index is 13.0. The van der Waals surface area contributed by atoms with Gasteiger partial charge in [-0.3, -0.25) is 9.78 Å². The van der Waals surface area contributed by atoms with Crippen LogP contribution in [0.1, 0.15) is 21.6 Å². The molecule has 1 aromatic carbocycles. The van der Waals surface area contributed by atoms with Gasteiger partial charge in [0.1, 0.15) is 5.69 Å². The highest BCUT2D eigenvalue weighted by Gasteiger charge is 2.27. The molecule has 2 aromatic rings. The third-order valence-corrected chi connectivity index (χ3v) is 4.85. The van der Waals surface area contributed by atoms with Crippen LogP contribution in [0.25, 0.3) is 0 Å². The number of anilines is 2. The SMILES string of the molecule is Cc1cccc2c1CCN2C(=O)c1cc(N2CCOCC2)ccn1. The number of nitrogens with zero attached hydrogens (tertiary/aromatic N) is 3. The van der Waals surface area contributed by atoms with Crippen LogP contribution < -0.4 is 9.80 Å². The van der Waals surface area contributed by atoms with Gasteiger partial charge in [0, 0.05) is 37.2 Å². The summed E-state index contributed by atoms with van der Waals surface area (Å²) in [5.41, 5.74) is 5.10. The zero-order chi connectivity index (χ0) is 16.5. The van der Waals surface area contributed by atoms with E-state index in [0.717, 1.165) is 50.6 Å². The van der Waals surface area contributed by atoms with Crippen molar-refractivity contribution in [3.05, 3.63) is 53.3 Å². The molecule has 2 aliphatic heterocycles. The maximum Gasteiger partial charge on any atom is 0.276 e. The zero-order valence-electron chi connectivity index (χ0n) is 13.9. The summed E-state index contributed by atoms with van der Waals surface area (Å²) in [5, 5.41) is 0. The van der Waals surface area contributed by atoms with Gasteiger partial charge >= 0.3 is 0 Å². The molecular weight excluding hydrogens is 302 g/mol. The molecule has 0 N–H and O–H groups in total. The molecule has 1 aromatic heterocycles. The summed E-state index contributed by atoms with van der Waals surface area (Å²) in [7, 11) is 0. The van der Waals surface area contributed by atoms with E-state index in [1.165, 1.54) is 11.1 Å². The molecule has 4 rings (SSSR count). The second-order valence-corrected chi connectivity index (χ2v) is 6.28. The van der Waals surface area contributed by atoms with Crippen LogP contribution in [-0.4, -0.2) is 43.7 Å². The van der Waals surface area contributed by atoms with Gasteiger partial charge in [0.15, 0.2) is 0 Å². The first-order chi connectivity index (χ1) is 11.7. The Morgan fingerprint density at radius 3 is 2.83 bits per heavy atom. The largest absolute Gasteiger partial charge is 0.378 e. The normalized spacial score (nSPS) is 17.0. The molecule has 0 saturated carbocycles. The van der Waals surface area contributed by atoms with Crippen molar-refractivity contribution in [3.63, 3.8) is 0 Å². The van der Waals surface area contributed by atoms with Gasteiger partial charge in [0.05, 0.1) is 13.2 Å². The number of aryl methyl sites for hydroxylation is 1. The van der Waals surface area contributed by atoms with E-state index in [9.17, 15) is 4.79 Å². The Morgan fingerprint density at radius 1 is 1.17 bits per heavy atom. The summed E-state index contributed by atoms with van der Waals surface area (Å²) in [4.78, 5) is 21.4. The number of rotatable bonds is 2. The van der Waals surface area contributed by atoms with Gasteiger partial charge in [-0.15, -0.1) is 0 Å². The van der Waals surface area contributed by atoms with E-state index in [1.54, 1.807) is 6.20 Å². The van der Waals surface area contributed by atoms with E-state index < -0.39 is 0 Å². The summed E-state index contributed by atoms with van der Waals surface area (Å²) in [5.74, 6) is -0.0190. The van der Waals surface area contributed by atoms with Crippen LogP contribution in [0.15, 0.2) is 36.5 Å². The lowest BCUT2D eigenvalue weighted by Crippen LogP contribution is -2.36. The molecule has 1 amide bonds. The van der Waals surface area contributed by atoms with Gasteiger partial charge in [-0.25, -0.2) is 0 Å². The van der Waals surface area contributed by atoms with Crippen molar-refractivity contribution in [2.24, 2.45) is 0 Å². The van der Waals surface area contributed by atoms with Gasteiger partial charge in [0.2, 0.25) is 0 Å². The average Bonchev–Trinajstić information content (AvgIpc) is 3.07. The smallest absolute Gasteiger partial charge is 0.276 e. The van der Waals surface area contributed by atoms with Crippen molar-refractivity contribution < 1.29 is 9.53 Å². The number of amides is 1. The number of fused-ring (bicyclic) bond motifs is 1. The zero-order valence-corrected chi connectivity index (χ0v) is 13.9. The van der Waals surface area contributed by atoms with Gasteiger partial charge in [-0.1, -0.05) is 12.1 Å². The van der Waals surface area contributed by atoms with Gasteiger partial charge in [0.25, 0.3) is 5.91 Å². The van der Waals surface area contributed by atoms with Crippen molar-refractivity contribution >= 4 is 17.3 Å². The van der Waals surface area contributed by atoms with E-state index in [1.807, 2.05) is 29.2 Å². The number of hydrogen-bond donors (Lipinski definition) is 0. The first-order valence-electron chi connectivity index (χ1n) is 8.43. The fraction of sp³-hybridized carbons (Fsp3) is 0.368. The number of morpholine rings is 1. The van der Waals surface area contributed by atoms with Crippen LogP contribution in [0.5, 0.6) is 0 Å². The van der Waals surface area contributed by atoms with Crippen molar-refractivity contribution in [2.45, 2.75) is 13.3 Å². The van der Waals surface area contributed by atoms with E-state index in [-0.39, 0.29) is 5.91 Å². The first-order valence-corrected chi connectivity index (χ1v) is 8.43. The second kappa shape index (κ2) is 6.24. The fourth-order valence-corrected chi connectivity index (χ4v) is 3.51. The predicted octanol–water partition coefficient (Wildman–Crippen LogP) is 2.43. The van der Waals surface area contributed by atoms with Crippen LogP contribution in [0.4, 0.5) is 11.4 Å². The lowest BCUT2D eigenvalue weighted by Gasteiger charge is -2.29. The van der Waals surface area contributed by atoms with Crippen LogP contribution in [0.3, 0.4) is 0 Å². The predicted molar refractivity (Wildman–Crippen MR) is 93.8 cm³/mol. The molecule has 1 fully saturated rings. The lowest BCUT2D eigenvalue weighted by atomic mass is 10.1. The van der Waals surface area contributed by atoms with E-state index in [0.29, 0.717) is 5.69 Å². The summed E-state index contributed by atoms with van der Waals surface area (Å²) >= 11 is 0. The van der Waals surface area contributed by atoms with Crippen LogP contribution in [0, 0.1) is 6.92 Å². The first kappa shape index (κ1) is 15.1. The molecule has 124 valence electrons. The lowest BCUT2D eigenvalue weighted by molar-refractivity contribution is 0.0984. The molecule has 3 heterocycles. The Kier molecular flexibility index (Phi) is 3.94. The van der Waals surface area contributed by atoms with Gasteiger partial charge in [-0.05, 0) is 42.7 Å². The van der Waals surface area contributed by atoms with Crippen LogP contribution in [-0.2, 0) is 11.2 Å². The fourth-order valence-electron chi connectivity index (χ4n) is 3.51. The van der Waals surface area contributed by atoms with Crippen LogP contribution >= 0.6 is 0 Å². The van der Waals surface area contributed by atoms with Crippen molar-refractivity contribution in [1.82, 2.24) is 4.98 Å². The number of benzene rings is 1. The number of hydrogen-bond acceptors (Lipinski definition) is 4. The highest BCUT2D eigenvalue weighted by Crippen LogP contribution is 2.31. The Labute approximate surface area is 141 Å². The molecule has 0 unspecified atom stereocenters. The minimum atomic E-state index is -0.0190. The number of aromatic nitrogens is 1. The average molecular weight is 323 g/mol. The van der Waals surface area contributed by atoms with Crippen LogP contribution in [0.2, 0.25) is 0 Å². The Bertz CT molecular complexity index is 769. The van der Waals surface area contributed by atoms with E-state index >= 15 is 0 Å². The van der Waals surface area contributed by atoms with Crippen molar-refractivity contribution in [2.75, 3.05) is 42.6 Å². The summed E-state index contributed by atoms with van der Waals surface area (Å²) in [6.07, 6.45) is 2.64. The third kappa shape index (κ3) is 2.65. The summed E-state index contributed by atoms with van der Waals surface area (Å²) in [6, 6.07) is 10.0. The molecular formula is C19H21N3O2. The third-order valence-electron chi connectivity index (χ3n) is 4.85. The molecule has 0 radical (unpaired) electrons. The van der Waals surface area contributed by atoms with Gasteiger partial charge in [-0.2, -0.15) is 0 Å². The number of ether oxygens (including phenoxy) is 1. The molecule has 1 saturated heterocycles. The molecule has 0 aliphatic carbocycles. The summed E-state index contributed by atoms with van der Waals surface area (Å²) < 4.78 is 5.40. The second-order valence-electron chi connectivity index (χ2n) is 6.28. The number of carbonyl (C=O) groups is 1. The van der Waals surface area contributed by atoms with Gasteiger partial charge < -0.3 is 14.5 Å². The minimum absolute atomic E-state index is 0.0190. The van der Waals surface area contributed by atoms with Crippen molar-refractivity contribution in [1.29, 1.82) is 0 Å². The molecule has 0 spiro atoms. The van der Waals surface area contributed by atoms with Crippen molar-refractivity contribution in [3.8, 4) is 0 Å². The van der Waals surface area contributed by atoms with E-state index in [2.05, 4.69) is 22.9 Å². The monoisotopic (exact) mass is 323 g/mol. The molecule has 5 heteroatoms. The highest BCUT2D eigenvalue weighted by molar-refractivity contribution is 6.06. The Balaban J connectivity index is 1.61. The highest BCUT2D eigenvalue weighted by atomic mass is 16.5. The molecule has 0 bridgehead atoms. The Hall–Kier alpha value is -2.40. The maximum atomic E-state index is 13.0. The number of pyridine rings is 1. The Morgan fingerprint density at radius 2 is 2.00 bits per heavy atom. The quantitative estimate of drug-likeness (QED) is 0.851. The number of carbonyl (C=O) groups excluding carboxylic acids is 1. The van der Waals surface area contributed by atoms with E-state index in [4.69, 9.17) is 4.74 Å². The minimum Gasteiger partial charge on any atom is -0.378 e. The molecule has 0 atom stereocenters. The summed E-state index contributed by atoms with van der Waals surface area (Å²) in [6.45, 7) is 5.98.